The van der Waals surface area contributed by atoms with Crippen LogP contribution in [0.4, 0.5) is 0 Å². The molecule has 1 N–H and O–H groups in total. The number of rotatable bonds is 5. The van der Waals surface area contributed by atoms with Crippen LogP contribution < -0.4 is 16.4 Å². The van der Waals surface area contributed by atoms with E-state index in [2.05, 4.69) is 5.32 Å². The van der Waals surface area contributed by atoms with Gasteiger partial charge in [-0.05, 0) is 36.2 Å². The summed E-state index contributed by atoms with van der Waals surface area (Å²) in [6.07, 6.45) is 0.340. The highest BCUT2D eigenvalue weighted by molar-refractivity contribution is 7.91. The minimum atomic E-state index is -3.15. The van der Waals surface area contributed by atoms with Crippen LogP contribution in [0.3, 0.4) is 0 Å². The van der Waals surface area contributed by atoms with Crippen molar-refractivity contribution in [3.63, 3.8) is 0 Å². The average Bonchev–Trinajstić information content (AvgIpc) is 3.08. The van der Waals surface area contributed by atoms with Gasteiger partial charge in [-0.3, -0.25) is 23.5 Å². The topological polar surface area (TPSA) is 107 Å². The molecule has 31 heavy (non-hydrogen) atoms. The molecule has 3 aromatic rings. The molecule has 162 valence electrons. The summed E-state index contributed by atoms with van der Waals surface area (Å²) in [6, 6.07) is 13.3. The Morgan fingerprint density at radius 1 is 1.00 bits per heavy atom. The number of carbonyl (C=O) groups excluding carboxylic acids is 1. The standard InChI is InChI=1S/C21H20ClN3O5S/c22-15-7-5-14(6-8-15)11-24-17-3-1-2-4-18(17)25(21(28)20(24)27)12-19(26)23-16-9-10-31(29,30)13-16/h1-8,16H,9-13H2,(H,23,26)/t16-/m1/s1. The second-order valence-corrected chi connectivity index (χ2v) is 10.2. The number of halogens is 1. The fourth-order valence-electron chi connectivity index (χ4n) is 3.78. The molecule has 0 saturated carbocycles. The van der Waals surface area contributed by atoms with Crippen molar-refractivity contribution in [2.75, 3.05) is 11.5 Å². The van der Waals surface area contributed by atoms with Gasteiger partial charge >= 0.3 is 11.1 Å². The van der Waals surface area contributed by atoms with Gasteiger partial charge in [-0.25, -0.2) is 8.42 Å². The first kappa shape index (κ1) is 21.3. The van der Waals surface area contributed by atoms with E-state index < -0.39 is 32.9 Å². The first-order valence-electron chi connectivity index (χ1n) is 9.70. The molecular weight excluding hydrogens is 442 g/mol. The van der Waals surface area contributed by atoms with Crippen molar-refractivity contribution in [2.45, 2.75) is 25.6 Å². The lowest BCUT2D eigenvalue weighted by Crippen LogP contribution is -2.45. The van der Waals surface area contributed by atoms with Crippen molar-refractivity contribution in [1.29, 1.82) is 0 Å². The van der Waals surface area contributed by atoms with Crippen LogP contribution in [-0.4, -0.2) is 41.0 Å². The zero-order valence-corrected chi connectivity index (χ0v) is 18.0. The molecule has 1 aliphatic rings. The molecule has 2 aromatic carbocycles. The fourth-order valence-corrected chi connectivity index (χ4v) is 5.58. The number of amides is 1. The van der Waals surface area contributed by atoms with Crippen LogP contribution in [0, 0.1) is 0 Å². The van der Waals surface area contributed by atoms with Gasteiger partial charge in [0.25, 0.3) is 0 Å². The Kier molecular flexibility index (Phi) is 5.72. The summed E-state index contributed by atoms with van der Waals surface area (Å²) < 4.78 is 25.7. The molecule has 0 radical (unpaired) electrons. The smallest absolute Gasteiger partial charge is 0.317 e. The molecule has 2 heterocycles. The van der Waals surface area contributed by atoms with E-state index in [0.29, 0.717) is 22.5 Å². The Balaban J connectivity index is 1.68. The minimum Gasteiger partial charge on any atom is -0.351 e. The number of nitrogens with zero attached hydrogens (tertiary/aromatic N) is 2. The zero-order chi connectivity index (χ0) is 22.2. The van der Waals surface area contributed by atoms with E-state index in [0.717, 1.165) is 10.1 Å². The van der Waals surface area contributed by atoms with E-state index in [1.807, 2.05) is 0 Å². The summed E-state index contributed by atoms with van der Waals surface area (Å²) in [5, 5.41) is 3.22. The van der Waals surface area contributed by atoms with Gasteiger partial charge in [-0.1, -0.05) is 35.9 Å². The second kappa shape index (κ2) is 8.32. The Bertz CT molecular complexity index is 1380. The Morgan fingerprint density at radius 2 is 1.61 bits per heavy atom. The molecule has 1 aromatic heterocycles. The Labute approximate surface area is 183 Å². The van der Waals surface area contributed by atoms with E-state index >= 15 is 0 Å². The van der Waals surface area contributed by atoms with Crippen LogP contribution in [-0.2, 0) is 27.7 Å². The number of nitrogens with one attached hydrogen (secondary N) is 1. The number of carbonyl (C=O) groups is 1. The maximum Gasteiger partial charge on any atom is 0.317 e. The van der Waals surface area contributed by atoms with Gasteiger partial charge in [0.1, 0.15) is 6.54 Å². The number of para-hydroxylation sites is 2. The maximum atomic E-state index is 12.9. The summed E-state index contributed by atoms with van der Waals surface area (Å²) in [6.45, 7) is -0.189. The largest absolute Gasteiger partial charge is 0.351 e. The van der Waals surface area contributed by atoms with Crippen LogP contribution >= 0.6 is 11.6 Å². The van der Waals surface area contributed by atoms with Gasteiger partial charge in [0, 0.05) is 11.1 Å². The molecule has 0 unspecified atom stereocenters. The molecule has 1 amide bonds. The van der Waals surface area contributed by atoms with Gasteiger partial charge in [-0.15, -0.1) is 0 Å². The molecule has 1 saturated heterocycles. The minimum absolute atomic E-state index is 0.0293. The SMILES string of the molecule is O=C(Cn1c(=O)c(=O)n(Cc2ccc(Cl)cc2)c2ccccc21)N[C@@H]1CCS(=O)(=O)C1. The third-order valence-corrected chi connectivity index (χ3v) is 7.31. The van der Waals surface area contributed by atoms with E-state index in [-0.39, 0.29) is 24.6 Å². The lowest BCUT2D eigenvalue weighted by atomic mass is 10.2. The molecule has 4 rings (SSSR count). The predicted octanol–water partition coefficient (Wildman–Crippen LogP) is 1.17. The molecule has 1 fully saturated rings. The average molecular weight is 462 g/mol. The molecule has 1 aliphatic heterocycles. The van der Waals surface area contributed by atoms with E-state index in [1.165, 1.54) is 4.57 Å². The number of aromatic nitrogens is 2. The summed E-state index contributed by atoms with van der Waals surface area (Å²) in [7, 11) is -3.15. The van der Waals surface area contributed by atoms with Crippen molar-refractivity contribution >= 4 is 38.4 Å². The van der Waals surface area contributed by atoms with Crippen molar-refractivity contribution in [1.82, 2.24) is 14.5 Å². The maximum absolute atomic E-state index is 12.9. The first-order chi connectivity index (χ1) is 14.7. The van der Waals surface area contributed by atoms with Crippen molar-refractivity contribution in [2.24, 2.45) is 0 Å². The molecule has 0 bridgehead atoms. The summed E-state index contributed by atoms with van der Waals surface area (Å²) in [5.74, 6) is -0.595. The van der Waals surface area contributed by atoms with Crippen LogP contribution in [0.15, 0.2) is 58.1 Å². The van der Waals surface area contributed by atoms with Gasteiger partial charge in [0.15, 0.2) is 9.84 Å². The quantitative estimate of drug-likeness (QED) is 0.574. The molecular formula is C21H20ClN3O5S. The lowest BCUT2D eigenvalue weighted by Gasteiger charge is -2.16. The van der Waals surface area contributed by atoms with Gasteiger partial charge in [-0.2, -0.15) is 0 Å². The highest BCUT2D eigenvalue weighted by Crippen LogP contribution is 2.15. The van der Waals surface area contributed by atoms with Crippen molar-refractivity contribution in [3.8, 4) is 0 Å². The van der Waals surface area contributed by atoms with Gasteiger partial charge in [0.05, 0.1) is 29.1 Å². The van der Waals surface area contributed by atoms with Crippen LogP contribution in [0.25, 0.3) is 11.0 Å². The lowest BCUT2D eigenvalue weighted by molar-refractivity contribution is -0.122. The van der Waals surface area contributed by atoms with Crippen LogP contribution in [0.2, 0.25) is 5.02 Å². The normalized spacial score (nSPS) is 17.6. The summed E-state index contributed by atoms with van der Waals surface area (Å²) in [5.41, 5.74) is 0.189. The molecule has 8 nitrogen and oxygen atoms in total. The summed E-state index contributed by atoms with van der Waals surface area (Å²) in [4.78, 5) is 38.2. The third kappa shape index (κ3) is 4.57. The highest BCUT2D eigenvalue weighted by atomic mass is 35.5. The zero-order valence-electron chi connectivity index (χ0n) is 16.5. The second-order valence-electron chi connectivity index (χ2n) is 7.57. The number of fused-ring (bicyclic) bond motifs is 1. The Hall–Kier alpha value is -2.91. The van der Waals surface area contributed by atoms with Crippen molar-refractivity contribution in [3.05, 3.63) is 79.8 Å². The number of hydrogen-bond donors (Lipinski definition) is 1. The molecule has 0 spiro atoms. The van der Waals surface area contributed by atoms with Gasteiger partial charge in [0.2, 0.25) is 5.91 Å². The van der Waals surface area contributed by atoms with E-state index in [9.17, 15) is 22.8 Å². The number of hydrogen-bond acceptors (Lipinski definition) is 5. The van der Waals surface area contributed by atoms with Crippen LogP contribution in [0.1, 0.15) is 12.0 Å². The molecule has 0 aliphatic carbocycles. The molecule has 1 atom stereocenters. The van der Waals surface area contributed by atoms with E-state index in [1.54, 1.807) is 48.5 Å². The fraction of sp³-hybridized carbons (Fsp3) is 0.286. The molecule has 10 heteroatoms. The summed E-state index contributed by atoms with van der Waals surface area (Å²) >= 11 is 5.92. The number of benzene rings is 2. The van der Waals surface area contributed by atoms with Crippen molar-refractivity contribution < 1.29 is 13.2 Å². The number of sulfone groups is 1. The predicted molar refractivity (Wildman–Crippen MR) is 118 cm³/mol. The first-order valence-corrected chi connectivity index (χ1v) is 11.9. The monoisotopic (exact) mass is 461 g/mol. The van der Waals surface area contributed by atoms with Gasteiger partial charge < -0.3 is 5.32 Å². The highest BCUT2D eigenvalue weighted by Gasteiger charge is 2.29. The van der Waals surface area contributed by atoms with Crippen LogP contribution in [0.5, 0.6) is 0 Å². The Morgan fingerprint density at radius 3 is 2.23 bits per heavy atom. The van der Waals surface area contributed by atoms with E-state index in [4.69, 9.17) is 11.6 Å². The third-order valence-electron chi connectivity index (χ3n) is 5.29.